The highest BCUT2D eigenvalue weighted by Gasteiger charge is 2.36. The van der Waals surface area contributed by atoms with Crippen LogP contribution in [0.25, 0.3) is 0 Å². The van der Waals surface area contributed by atoms with Crippen LogP contribution in [-0.2, 0) is 12.6 Å². The van der Waals surface area contributed by atoms with Gasteiger partial charge in [-0.2, -0.15) is 13.2 Å². The van der Waals surface area contributed by atoms with Crippen LogP contribution in [0.4, 0.5) is 13.2 Å². The van der Waals surface area contributed by atoms with Crippen molar-refractivity contribution in [1.82, 2.24) is 10.2 Å². The Morgan fingerprint density at radius 2 is 2.08 bits per heavy atom. The Morgan fingerprint density at radius 1 is 1.46 bits per heavy atom. The number of hydrogen-bond donors (Lipinski definition) is 1. The van der Waals surface area contributed by atoms with Gasteiger partial charge in [-0.25, -0.2) is 0 Å². The van der Waals surface area contributed by atoms with Gasteiger partial charge < -0.3 is 4.74 Å². The molecule has 1 heterocycles. The summed E-state index contributed by atoms with van der Waals surface area (Å²) in [5.74, 6) is 0.00910. The third-order valence-corrected chi connectivity index (χ3v) is 1.66. The Bertz CT molecular complexity index is 292. The van der Waals surface area contributed by atoms with E-state index in [1.807, 2.05) is 5.10 Å². The van der Waals surface area contributed by atoms with Gasteiger partial charge in [0.25, 0.3) is 0 Å². The quantitative estimate of drug-likeness (QED) is 0.781. The SMILES string of the molecule is CCc1c(OC)n[nH]c1C(F)(F)F. The van der Waals surface area contributed by atoms with Crippen LogP contribution in [0.15, 0.2) is 0 Å². The van der Waals surface area contributed by atoms with E-state index in [2.05, 4.69) is 9.84 Å². The average Bonchev–Trinajstić information content (AvgIpc) is 2.45. The number of aromatic nitrogens is 2. The number of rotatable bonds is 2. The highest BCUT2D eigenvalue weighted by Crippen LogP contribution is 2.34. The predicted molar refractivity (Wildman–Crippen MR) is 39.5 cm³/mol. The van der Waals surface area contributed by atoms with Gasteiger partial charge in [0.15, 0.2) is 0 Å². The zero-order valence-corrected chi connectivity index (χ0v) is 7.20. The van der Waals surface area contributed by atoms with Gasteiger partial charge in [-0.1, -0.05) is 6.92 Å². The van der Waals surface area contributed by atoms with Gasteiger partial charge in [-0.3, -0.25) is 5.10 Å². The second-order valence-corrected chi connectivity index (χ2v) is 2.44. The minimum absolute atomic E-state index is 0.00910. The van der Waals surface area contributed by atoms with Crippen LogP contribution >= 0.6 is 0 Å². The van der Waals surface area contributed by atoms with Crippen molar-refractivity contribution in [3.05, 3.63) is 11.3 Å². The van der Waals surface area contributed by atoms with Crippen LogP contribution < -0.4 is 4.74 Å². The normalized spacial score (nSPS) is 11.8. The van der Waals surface area contributed by atoms with Gasteiger partial charge in [0.2, 0.25) is 5.88 Å². The summed E-state index contributed by atoms with van der Waals surface area (Å²) in [7, 11) is 1.29. The van der Waals surface area contributed by atoms with Crippen molar-refractivity contribution in [1.29, 1.82) is 0 Å². The van der Waals surface area contributed by atoms with Crippen molar-refractivity contribution >= 4 is 0 Å². The number of nitrogens with one attached hydrogen (secondary N) is 1. The first-order chi connectivity index (χ1) is 6.00. The number of H-pyrrole nitrogens is 1. The monoisotopic (exact) mass is 194 g/mol. The maximum Gasteiger partial charge on any atom is 0.433 e. The first-order valence-electron chi connectivity index (χ1n) is 3.69. The molecule has 13 heavy (non-hydrogen) atoms. The lowest BCUT2D eigenvalue weighted by atomic mass is 10.2. The fourth-order valence-corrected chi connectivity index (χ4v) is 1.08. The van der Waals surface area contributed by atoms with E-state index in [0.717, 1.165) is 0 Å². The lowest BCUT2D eigenvalue weighted by Gasteiger charge is -2.05. The molecule has 0 aromatic carbocycles. The lowest BCUT2D eigenvalue weighted by Crippen LogP contribution is -2.08. The molecule has 0 fully saturated rings. The highest BCUT2D eigenvalue weighted by molar-refractivity contribution is 5.32. The molecule has 0 saturated heterocycles. The van der Waals surface area contributed by atoms with Gasteiger partial charge in [0.1, 0.15) is 5.69 Å². The number of ether oxygens (including phenoxy) is 1. The molecule has 0 atom stereocenters. The van der Waals surface area contributed by atoms with E-state index < -0.39 is 11.9 Å². The lowest BCUT2D eigenvalue weighted by molar-refractivity contribution is -0.141. The van der Waals surface area contributed by atoms with Crippen molar-refractivity contribution in [2.24, 2.45) is 0 Å². The first-order valence-corrected chi connectivity index (χ1v) is 3.69. The van der Waals surface area contributed by atoms with Crippen LogP contribution in [0.2, 0.25) is 0 Å². The molecule has 0 amide bonds. The molecule has 0 aliphatic heterocycles. The summed E-state index contributed by atoms with van der Waals surface area (Å²) < 4.78 is 41.4. The maximum absolute atomic E-state index is 12.3. The van der Waals surface area contributed by atoms with Gasteiger partial charge in [0, 0.05) is 5.56 Å². The summed E-state index contributed by atoms with van der Waals surface area (Å²) in [6, 6.07) is 0. The molecular weight excluding hydrogens is 185 g/mol. The van der Waals surface area contributed by atoms with Gasteiger partial charge in [-0.05, 0) is 6.42 Å². The summed E-state index contributed by atoms with van der Waals surface area (Å²) >= 11 is 0. The summed E-state index contributed by atoms with van der Waals surface area (Å²) in [5.41, 5.74) is -0.762. The topological polar surface area (TPSA) is 37.9 Å². The van der Waals surface area contributed by atoms with E-state index in [1.54, 1.807) is 6.92 Å². The Labute approximate surface area is 72.9 Å². The number of alkyl halides is 3. The summed E-state index contributed by atoms with van der Waals surface area (Å²) in [6.45, 7) is 1.61. The number of aromatic amines is 1. The predicted octanol–water partition coefficient (Wildman–Crippen LogP) is 2.00. The fraction of sp³-hybridized carbons (Fsp3) is 0.571. The standard InChI is InChI=1S/C7H9F3N2O/c1-3-4-5(7(8,9)10)11-12-6(4)13-2/h3H2,1-2H3,(H,11,12). The van der Waals surface area contributed by atoms with Crippen LogP contribution in [0.1, 0.15) is 18.2 Å². The third-order valence-electron chi connectivity index (χ3n) is 1.66. The number of halogens is 3. The van der Waals surface area contributed by atoms with Crippen molar-refractivity contribution in [2.75, 3.05) is 7.11 Å². The first kappa shape index (κ1) is 9.88. The van der Waals surface area contributed by atoms with Crippen LogP contribution in [0.3, 0.4) is 0 Å². The van der Waals surface area contributed by atoms with Crippen LogP contribution in [-0.4, -0.2) is 17.3 Å². The molecule has 1 N–H and O–H groups in total. The van der Waals surface area contributed by atoms with Crippen molar-refractivity contribution in [3.8, 4) is 5.88 Å². The minimum Gasteiger partial charge on any atom is -0.480 e. The van der Waals surface area contributed by atoms with E-state index in [0.29, 0.717) is 0 Å². The van der Waals surface area contributed by atoms with E-state index in [-0.39, 0.29) is 17.9 Å². The third kappa shape index (κ3) is 1.76. The molecule has 0 spiro atoms. The van der Waals surface area contributed by atoms with Crippen molar-refractivity contribution < 1.29 is 17.9 Å². The molecule has 1 rings (SSSR count). The van der Waals surface area contributed by atoms with E-state index >= 15 is 0 Å². The molecule has 0 radical (unpaired) electrons. The molecule has 3 nitrogen and oxygen atoms in total. The van der Waals surface area contributed by atoms with E-state index in [1.165, 1.54) is 7.11 Å². The van der Waals surface area contributed by atoms with Crippen molar-refractivity contribution in [3.63, 3.8) is 0 Å². The molecule has 0 saturated carbocycles. The molecule has 0 unspecified atom stereocenters. The Morgan fingerprint density at radius 3 is 2.46 bits per heavy atom. The van der Waals surface area contributed by atoms with Gasteiger partial charge >= 0.3 is 6.18 Å². The summed E-state index contributed by atoms with van der Waals surface area (Å²) in [5, 5.41) is 5.32. The Kier molecular flexibility index (Phi) is 2.49. The molecule has 1 aromatic heterocycles. The second kappa shape index (κ2) is 3.27. The zero-order valence-electron chi connectivity index (χ0n) is 7.20. The van der Waals surface area contributed by atoms with Crippen LogP contribution in [0.5, 0.6) is 5.88 Å². The number of nitrogens with zero attached hydrogens (tertiary/aromatic N) is 1. The zero-order chi connectivity index (χ0) is 10.1. The summed E-state index contributed by atoms with van der Waals surface area (Å²) in [6.07, 6.45) is -4.16. The Hall–Kier alpha value is -1.20. The second-order valence-electron chi connectivity index (χ2n) is 2.44. The number of methoxy groups -OCH3 is 1. The fourth-order valence-electron chi connectivity index (χ4n) is 1.08. The average molecular weight is 194 g/mol. The van der Waals surface area contributed by atoms with Gasteiger partial charge in [0.05, 0.1) is 7.11 Å². The van der Waals surface area contributed by atoms with Crippen molar-refractivity contribution in [2.45, 2.75) is 19.5 Å². The largest absolute Gasteiger partial charge is 0.480 e. The molecule has 74 valence electrons. The minimum atomic E-state index is -4.39. The van der Waals surface area contributed by atoms with Gasteiger partial charge in [-0.15, -0.1) is 5.10 Å². The molecule has 0 aliphatic rings. The van der Waals surface area contributed by atoms with E-state index in [9.17, 15) is 13.2 Å². The highest BCUT2D eigenvalue weighted by atomic mass is 19.4. The maximum atomic E-state index is 12.3. The smallest absolute Gasteiger partial charge is 0.433 e. The van der Waals surface area contributed by atoms with Crippen LogP contribution in [0, 0.1) is 0 Å². The van der Waals surface area contributed by atoms with E-state index in [4.69, 9.17) is 0 Å². The molecule has 6 heteroatoms. The molecule has 0 bridgehead atoms. The number of hydrogen-bond acceptors (Lipinski definition) is 2. The molecular formula is C7H9F3N2O. The molecule has 1 aromatic rings. The molecule has 0 aliphatic carbocycles. The summed E-state index contributed by atoms with van der Waals surface area (Å²) in [4.78, 5) is 0. The Balaban J connectivity index is 3.16.